The Labute approximate surface area is 848 Å². The SMILES string of the molecule is CSC1O[C@H]([C@H](NC(=O)[C@H]2NC[C@@H]3C=C(c4ccccc4)CCO[C@@H]23)[C@H](C)Cl)C(O)[C@@H](O)[C@H]1O.CSC1O[C@H]([C@H](NC(=O)[C@H]2NC[C@@H]3CC(c4ccc(C)cc4)=CCO[C@H]32)[C@H](C)Cl)C(O)[C@@H](O)[C@H]1O.CSC1O[C@H]([C@H](NC(=O)[C@H]2NC[C@@H]3CC(c4ccc(CO)cc4)=CCO[C@H]32)[C@H](C)Cl)C(O)[C@@H](O)[C@H]1O.CSC1O[C@H]([C@H](NC(=O)[C@H]2NC[C@@H]3CC(c4ccccc4)=CCO[C@H]32)[C@H](C)Cl)C(O)[C@@H](O)[C@H]1O. The molecule has 16 rings (SSSR count). The van der Waals surface area contributed by atoms with E-state index in [9.17, 15) is 85.6 Å². The van der Waals surface area contributed by atoms with Gasteiger partial charge in [0.05, 0.1) is 103 Å². The Morgan fingerprint density at radius 3 is 0.942 bits per heavy atom. The minimum Gasteiger partial charge on any atom is -0.392 e. The van der Waals surface area contributed by atoms with Crippen LogP contribution in [0.2, 0.25) is 0 Å². The number of hydrogen-bond acceptors (Lipinski definition) is 33. The number of nitrogens with one attached hydrogen (secondary N) is 8. The molecule has 33 nitrogen and oxygen atoms in total. The number of benzene rings is 4. The molecule has 4 amide bonds. The smallest absolute Gasteiger partial charge is 0.240 e. The van der Waals surface area contributed by atoms with Crippen LogP contribution in [0.5, 0.6) is 0 Å². The molecule has 8 fully saturated rings. The van der Waals surface area contributed by atoms with Gasteiger partial charge in [0.2, 0.25) is 23.6 Å². The maximum atomic E-state index is 13.4. The third kappa shape index (κ3) is 26.7. The van der Waals surface area contributed by atoms with E-state index in [1.807, 2.05) is 66.7 Å². The van der Waals surface area contributed by atoms with Gasteiger partial charge in [0.25, 0.3) is 0 Å². The lowest BCUT2D eigenvalue weighted by atomic mass is 9.90. The van der Waals surface area contributed by atoms with E-state index in [0.717, 1.165) is 59.1 Å². The van der Waals surface area contributed by atoms with E-state index in [2.05, 4.69) is 116 Å². The fourth-order valence-corrected chi connectivity index (χ4v) is 23.9. The molecular formula is C98H136Cl4N8O25S4. The third-order valence-electron chi connectivity index (χ3n) is 28.2. The van der Waals surface area contributed by atoms with Crippen molar-refractivity contribution in [2.45, 2.75) is 281 Å². The maximum absolute atomic E-state index is 13.4. The number of carbonyl (C=O) groups is 4. The number of amides is 4. The molecule has 12 heterocycles. The van der Waals surface area contributed by atoms with E-state index in [-0.39, 0.29) is 78.3 Å². The van der Waals surface area contributed by atoms with Crippen molar-refractivity contribution in [1.29, 1.82) is 0 Å². The van der Waals surface area contributed by atoms with Crippen molar-refractivity contribution in [2.75, 3.05) is 77.6 Å². The van der Waals surface area contributed by atoms with E-state index in [1.54, 1.807) is 52.7 Å². The van der Waals surface area contributed by atoms with Gasteiger partial charge in [-0.2, -0.15) is 0 Å². The van der Waals surface area contributed by atoms with E-state index < -0.39 is 189 Å². The number of aliphatic hydroxyl groups is 13. The summed E-state index contributed by atoms with van der Waals surface area (Å²) in [5.74, 6) is -0.862. The molecule has 8 saturated heterocycles. The standard InChI is InChI=1S/C25H35ClN2O7S.C25H35ClN2O6S.2C24H33ClN2O6S/c1-12(26)17(23-20(31)19(30)21(32)25(35-23)36-2)28-24(33)18-22-16(10-27-18)9-15(7-8-34-22)14-5-3-13(11-29)4-6-14;1-12-4-6-14(7-5-12)15-8-9-33-22-16(10-15)11-27-18(22)24(32)28-17(13(2)26)23-20(30)19(29)21(31)25(34-23)35-3;2*1-12(25)16(22-19(29)18(28)20(30)24(33-22)34-2)27-23(31)17-21-15(11-26-17)10-14(8-9-32-21)13-6-4-3-5-7-13/h3-7,12,16-23,25,27,29-32H,8-11H2,1-2H3,(H,28,33);4-8,13,16-23,25,27,29-31H,9-11H2,1-3H3,(H,28,32);3-7,10,12,15-22,24,26,28-30H,8-9,11H2,1-2H3,(H,27,31);3-8,12,15-22,24,26,28-30H,9-11H2,1-2H3,(H,27,31)/t12-,16-,17+,18-,19+,20?,21+,22+,23+,25?;13-,16-,17+,18-,19+,20?,21+,22+,23+,25?;2*12-,15-,16+,17-,18+,19?,20+,21+,22+,24?/m0000/s1. The molecular weight excluding hydrogens is 1960 g/mol. The first-order chi connectivity index (χ1) is 66.6. The van der Waals surface area contributed by atoms with Gasteiger partial charge in [0.1, 0.15) is 144 Å². The zero-order valence-corrected chi connectivity index (χ0v) is 85.1. The van der Waals surface area contributed by atoms with Gasteiger partial charge in [-0.3, -0.25) is 19.2 Å². The number of ether oxygens (including phenoxy) is 8. The Kier molecular flexibility index (Phi) is 41.5. The van der Waals surface area contributed by atoms with Gasteiger partial charge in [-0.25, -0.2) is 0 Å². The molecule has 41 heteroatoms. The summed E-state index contributed by atoms with van der Waals surface area (Å²) in [5, 5.41) is 156. The number of aryl methyl sites for hydroxylation is 1. The number of allylic oxidation sites excluding steroid dienone is 3. The number of thioether (sulfide) groups is 4. The van der Waals surface area contributed by atoms with E-state index in [1.165, 1.54) is 69.3 Å². The van der Waals surface area contributed by atoms with Gasteiger partial charge in [0, 0.05) is 49.9 Å². The minimum atomic E-state index is -1.42. The summed E-state index contributed by atoms with van der Waals surface area (Å²) < 4.78 is 47.9. The second-order valence-electron chi connectivity index (χ2n) is 37.5. The molecule has 12 aliphatic heterocycles. The highest BCUT2D eigenvalue weighted by molar-refractivity contribution is 7.99. The molecule has 0 saturated carbocycles. The van der Waals surface area contributed by atoms with Crippen molar-refractivity contribution in [3.63, 3.8) is 0 Å². The van der Waals surface area contributed by atoms with E-state index in [4.69, 9.17) is 84.3 Å². The Morgan fingerprint density at radius 1 is 0.367 bits per heavy atom. The molecule has 0 aromatic heterocycles. The highest BCUT2D eigenvalue weighted by atomic mass is 35.5. The van der Waals surface area contributed by atoms with Gasteiger partial charge < -0.3 is 147 Å². The molecule has 8 unspecified atom stereocenters. The number of carbonyl (C=O) groups excluding carboxylic acids is 4. The molecule has 0 aliphatic carbocycles. The highest BCUT2D eigenvalue weighted by Crippen LogP contribution is 2.42. The van der Waals surface area contributed by atoms with Crippen molar-refractivity contribution in [3.8, 4) is 0 Å². The summed E-state index contributed by atoms with van der Waals surface area (Å²) >= 11 is 30.5. The van der Waals surface area contributed by atoms with Crippen molar-refractivity contribution >= 4 is 139 Å². The van der Waals surface area contributed by atoms with Crippen LogP contribution >= 0.6 is 93.5 Å². The summed E-state index contributed by atoms with van der Waals surface area (Å²) in [6.07, 6.45) is -3.13. The van der Waals surface area contributed by atoms with Gasteiger partial charge in [0.15, 0.2) is 0 Å². The largest absolute Gasteiger partial charge is 0.392 e. The van der Waals surface area contributed by atoms with Gasteiger partial charge in [-0.1, -0.05) is 139 Å². The van der Waals surface area contributed by atoms with Crippen molar-refractivity contribution in [3.05, 3.63) is 167 Å². The topological polar surface area (TPSA) is 501 Å². The number of aliphatic hydroxyl groups excluding tert-OH is 13. The van der Waals surface area contributed by atoms with Crippen LogP contribution in [0.1, 0.15) is 86.8 Å². The molecule has 4 aromatic carbocycles. The Morgan fingerprint density at radius 2 is 0.647 bits per heavy atom. The summed E-state index contributed by atoms with van der Waals surface area (Å²) in [6.45, 7) is 13.0. The average Bonchev–Trinajstić information content (AvgIpc) is 1.61. The lowest BCUT2D eigenvalue weighted by Gasteiger charge is -2.44. The van der Waals surface area contributed by atoms with Gasteiger partial charge >= 0.3 is 0 Å². The molecule has 0 radical (unpaired) electrons. The fraction of sp³-hybridized carbons (Fsp3) is 0.633. The second-order valence-corrected chi connectivity index (χ2v) is 44.0. The number of fused-ring (bicyclic) bond motifs is 4. The Balaban J connectivity index is 0.000000156. The quantitative estimate of drug-likeness (QED) is 0.0424. The monoisotopic (exact) mass is 2090 g/mol. The normalized spacial score (nSPS) is 37.2. The zero-order valence-electron chi connectivity index (χ0n) is 78.8. The molecule has 40 atom stereocenters. The highest BCUT2D eigenvalue weighted by Gasteiger charge is 2.56. The van der Waals surface area contributed by atoms with Gasteiger partial charge in [-0.15, -0.1) is 93.5 Å². The van der Waals surface area contributed by atoms with Crippen LogP contribution < -0.4 is 42.5 Å². The van der Waals surface area contributed by atoms with Crippen LogP contribution in [0.15, 0.2) is 133 Å². The van der Waals surface area contributed by atoms with Crippen LogP contribution in [0.4, 0.5) is 0 Å². The Hall–Kier alpha value is -4.72. The lowest BCUT2D eigenvalue weighted by Crippen LogP contribution is -2.65. The second kappa shape index (κ2) is 51.8. The summed E-state index contributed by atoms with van der Waals surface area (Å²) in [7, 11) is 0. The summed E-state index contributed by atoms with van der Waals surface area (Å²) in [4.78, 5) is 53.4. The third-order valence-corrected chi connectivity index (χ3v) is 32.7. The van der Waals surface area contributed by atoms with E-state index in [0.29, 0.717) is 52.6 Å². The molecule has 0 spiro atoms. The van der Waals surface area contributed by atoms with Crippen molar-refractivity contribution in [1.82, 2.24) is 42.5 Å². The maximum Gasteiger partial charge on any atom is 0.240 e. The summed E-state index contributed by atoms with van der Waals surface area (Å²) in [5.41, 5.74) is 8.33. The molecule has 139 heavy (non-hydrogen) atoms. The molecule has 4 aromatic rings. The first-order valence-corrected chi connectivity index (χ1v) is 54.2. The van der Waals surface area contributed by atoms with Crippen LogP contribution in [0.25, 0.3) is 22.3 Å². The first-order valence-electron chi connectivity index (χ1n) is 47.3. The van der Waals surface area contributed by atoms with E-state index >= 15 is 0 Å². The van der Waals surface area contributed by atoms with Crippen molar-refractivity contribution < 1.29 is 123 Å². The van der Waals surface area contributed by atoms with Gasteiger partial charge in [-0.05, 0) is 135 Å². The molecule has 21 N–H and O–H groups in total. The first kappa shape index (κ1) is 111. The minimum absolute atomic E-state index is 0.00380. The number of rotatable bonds is 25. The lowest BCUT2D eigenvalue weighted by molar-refractivity contribution is -0.205. The van der Waals surface area contributed by atoms with Crippen molar-refractivity contribution in [2.24, 2.45) is 23.7 Å². The predicted octanol–water partition coefficient (Wildman–Crippen LogP) is 2.72. The number of halogens is 4. The zero-order chi connectivity index (χ0) is 100. The van der Waals surface area contributed by atoms with Crippen LogP contribution in [-0.2, 0) is 63.7 Å². The average molecular weight is 2100 g/mol. The number of alkyl halides is 4. The summed E-state index contributed by atoms with van der Waals surface area (Å²) in [6, 6.07) is 30.9. The number of hydrogen-bond donors (Lipinski definition) is 21. The molecule has 0 bridgehead atoms. The van der Waals surface area contributed by atoms with Crippen LogP contribution in [0.3, 0.4) is 0 Å². The van der Waals surface area contributed by atoms with Crippen LogP contribution in [-0.4, -0.2) is 381 Å². The van der Waals surface area contributed by atoms with Crippen LogP contribution in [0, 0.1) is 30.6 Å². The molecule has 12 aliphatic rings. The fourth-order valence-electron chi connectivity index (χ4n) is 20.4. The Bertz CT molecular complexity index is 4750. The predicted molar refractivity (Wildman–Crippen MR) is 537 cm³/mol. The molecule has 770 valence electrons.